The van der Waals surface area contributed by atoms with Crippen molar-refractivity contribution in [2.45, 2.75) is 26.3 Å². The highest BCUT2D eigenvalue weighted by Crippen LogP contribution is 2.36. The molecule has 0 fully saturated rings. The molecule has 86 valence electrons. The van der Waals surface area contributed by atoms with Crippen molar-refractivity contribution in [1.29, 1.82) is 0 Å². The summed E-state index contributed by atoms with van der Waals surface area (Å²) in [7, 11) is 0. The molecule has 1 aliphatic heterocycles. The number of hydrazine groups is 1. The van der Waals surface area contributed by atoms with E-state index in [1.807, 2.05) is 20.8 Å². The van der Waals surface area contributed by atoms with Gasteiger partial charge in [-0.15, -0.1) is 0 Å². The number of anilines is 1. The number of benzene rings is 1. The van der Waals surface area contributed by atoms with Crippen LogP contribution in [-0.4, -0.2) is 11.4 Å². The number of halogens is 1. The number of rotatable bonds is 0. The number of aryl methyl sites for hydroxylation is 1. The van der Waals surface area contributed by atoms with Crippen LogP contribution in [0, 0.1) is 12.7 Å². The highest BCUT2D eigenvalue weighted by atomic mass is 19.1. The fourth-order valence-corrected chi connectivity index (χ4v) is 1.84. The molecular formula is C11H15FN4. The molecular weight excluding hydrogens is 207 g/mol. The summed E-state index contributed by atoms with van der Waals surface area (Å²) in [5.41, 5.74) is 4.35. The Bertz CT molecular complexity index is 465. The first-order valence-electron chi connectivity index (χ1n) is 5.08. The Morgan fingerprint density at radius 2 is 2.12 bits per heavy atom. The third-order valence-electron chi connectivity index (χ3n) is 2.66. The predicted molar refractivity (Wildman–Crippen MR) is 63.3 cm³/mol. The smallest absolute Gasteiger partial charge is 0.141 e. The van der Waals surface area contributed by atoms with Gasteiger partial charge in [0, 0.05) is 0 Å². The van der Waals surface area contributed by atoms with E-state index in [1.165, 1.54) is 12.1 Å². The van der Waals surface area contributed by atoms with Gasteiger partial charge in [-0.2, -0.15) is 0 Å². The summed E-state index contributed by atoms with van der Waals surface area (Å²) in [6.07, 6.45) is 0. The van der Waals surface area contributed by atoms with Crippen molar-refractivity contribution in [3.05, 3.63) is 23.5 Å². The van der Waals surface area contributed by atoms with Crippen molar-refractivity contribution < 1.29 is 4.39 Å². The lowest BCUT2D eigenvalue weighted by molar-refractivity contribution is 0.625. The second kappa shape index (κ2) is 3.45. The number of aliphatic imine (C=N–C) groups is 1. The number of nitrogens with one attached hydrogen (secondary N) is 2. The van der Waals surface area contributed by atoms with Gasteiger partial charge >= 0.3 is 0 Å². The monoisotopic (exact) mass is 222 g/mol. The topological polar surface area (TPSA) is 62.4 Å². The molecule has 1 heterocycles. The molecule has 4 nitrogen and oxygen atoms in total. The van der Waals surface area contributed by atoms with Crippen LogP contribution in [-0.2, 0) is 0 Å². The van der Waals surface area contributed by atoms with E-state index in [9.17, 15) is 4.39 Å². The van der Waals surface area contributed by atoms with Crippen molar-refractivity contribution in [3.63, 3.8) is 0 Å². The molecule has 0 saturated carbocycles. The molecule has 1 aromatic rings. The molecule has 0 spiro atoms. The largest absolute Gasteiger partial charge is 0.371 e. The van der Waals surface area contributed by atoms with E-state index in [4.69, 9.17) is 5.84 Å². The maximum Gasteiger partial charge on any atom is 0.141 e. The van der Waals surface area contributed by atoms with E-state index in [0.29, 0.717) is 11.5 Å². The van der Waals surface area contributed by atoms with Crippen LogP contribution in [0.1, 0.15) is 19.4 Å². The average molecular weight is 222 g/mol. The Morgan fingerprint density at radius 1 is 1.44 bits per heavy atom. The van der Waals surface area contributed by atoms with Crippen molar-refractivity contribution in [1.82, 2.24) is 5.43 Å². The van der Waals surface area contributed by atoms with Gasteiger partial charge in [0.15, 0.2) is 0 Å². The first-order valence-corrected chi connectivity index (χ1v) is 5.08. The Hall–Kier alpha value is -1.62. The predicted octanol–water partition coefficient (Wildman–Crippen LogP) is 1.83. The number of amidine groups is 1. The van der Waals surface area contributed by atoms with E-state index in [1.54, 1.807) is 0 Å². The molecule has 0 saturated heterocycles. The lowest BCUT2D eigenvalue weighted by atomic mass is 9.99. The van der Waals surface area contributed by atoms with Crippen LogP contribution in [0.4, 0.5) is 15.8 Å². The normalized spacial score (nSPS) is 17.2. The number of hydrogen-bond donors (Lipinski definition) is 3. The van der Waals surface area contributed by atoms with Gasteiger partial charge in [0.2, 0.25) is 0 Å². The van der Waals surface area contributed by atoms with Crippen molar-refractivity contribution in [2.24, 2.45) is 10.8 Å². The molecule has 0 bridgehead atoms. The van der Waals surface area contributed by atoms with Gasteiger partial charge in [-0.05, 0) is 38.5 Å². The van der Waals surface area contributed by atoms with E-state index < -0.39 is 5.54 Å². The van der Waals surface area contributed by atoms with Crippen LogP contribution >= 0.6 is 0 Å². The van der Waals surface area contributed by atoms with E-state index in [0.717, 1.165) is 11.3 Å². The first kappa shape index (κ1) is 10.9. The average Bonchev–Trinajstić information content (AvgIpc) is 2.14. The minimum Gasteiger partial charge on any atom is -0.371 e. The summed E-state index contributed by atoms with van der Waals surface area (Å²) in [5.74, 6) is 5.79. The standard InChI is InChI=1S/C11H15FN4/c1-6-4-7(12)5-8-9(6)14-10(16-13)11(2,3)15-8/h4-5,15H,13H2,1-3H3,(H,14,16). The summed E-state index contributed by atoms with van der Waals surface area (Å²) in [6.45, 7) is 5.67. The number of nitrogens with two attached hydrogens (primary N) is 1. The number of nitrogens with zero attached hydrogens (tertiary/aromatic N) is 1. The highest BCUT2D eigenvalue weighted by molar-refractivity contribution is 5.99. The van der Waals surface area contributed by atoms with Crippen LogP contribution in [0.2, 0.25) is 0 Å². The van der Waals surface area contributed by atoms with Gasteiger partial charge < -0.3 is 10.7 Å². The fraction of sp³-hybridized carbons (Fsp3) is 0.364. The van der Waals surface area contributed by atoms with E-state index in [-0.39, 0.29) is 5.82 Å². The molecule has 16 heavy (non-hydrogen) atoms. The zero-order valence-corrected chi connectivity index (χ0v) is 9.56. The third kappa shape index (κ3) is 1.63. The van der Waals surface area contributed by atoms with Crippen molar-refractivity contribution in [3.8, 4) is 0 Å². The molecule has 0 amide bonds. The number of fused-ring (bicyclic) bond motifs is 1. The van der Waals surface area contributed by atoms with Gasteiger partial charge in [0.05, 0.1) is 16.9 Å². The molecule has 1 aliphatic rings. The van der Waals surface area contributed by atoms with E-state index >= 15 is 0 Å². The van der Waals surface area contributed by atoms with Gasteiger partial charge in [0.1, 0.15) is 11.7 Å². The van der Waals surface area contributed by atoms with Crippen LogP contribution in [0.5, 0.6) is 0 Å². The molecule has 5 heteroatoms. The minimum absolute atomic E-state index is 0.265. The minimum atomic E-state index is -0.429. The van der Waals surface area contributed by atoms with Crippen LogP contribution < -0.4 is 16.6 Å². The summed E-state index contributed by atoms with van der Waals surface area (Å²) in [6, 6.07) is 2.90. The zero-order chi connectivity index (χ0) is 11.9. The third-order valence-corrected chi connectivity index (χ3v) is 2.66. The maximum atomic E-state index is 13.3. The molecule has 0 radical (unpaired) electrons. The van der Waals surface area contributed by atoms with Crippen molar-refractivity contribution in [2.75, 3.05) is 5.32 Å². The molecule has 0 aromatic heterocycles. The van der Waals surface area contributed by atoms with Gasteiger partial charge in [0.25, 0.3) is 0 Å². The van der Waals surface area contributed by atoms with Crippen LogP contribution in [0.3, 0.4) is 0 Å². The lowest BCUT2D eigenvalue weighted by Crippen LogP contribution is -2.51. The second-order valence-corrected chi connectivity index (χ2v) is 4.47. The Labute approximate surface area is 93.7 Å². The molecule has 0 atom stereocenters. The van der Waals surface area contributed by atoms with Crippen LogP contribution in [0.15, 0.2) is 17.1 Å². The quantitative estimate of drug-likeness (QED) is 0.463. The van der Waals surface area contributed by atoms with Gasteiger partial charge in [-0.1, -0.05) is 0 Å². The maximum absolute atomic E-state index is 13.3. The summed E-state index contributed by atoms with van der Waals surface area (Å²) < 4.78 is 13.3. The van der Waals surface area contributed by atoms with E-state index in [2.05, 4.69) is 15.7 Å². The lowest BCUT2D eigenvalue weighted by Gasteiger charge is -2.33. The van der Waals surface area contributed by atoms with Gasteiger partial charge in [-0.25, -0.2) is 15.2 Å². The fourth-order valence-electron chi connectivity index (χ4n) is 1.84. The summed E-state index contributed by atoms with van der Waals surface area (Å²) in [5, 5.41) is 3.21. The zero-order valence-electron chi connectivity index (χ0n) is 9.56. The van der Waals surface area contributed by atoms with Crippen LogP contribution in [0.25, 0.3) is 0 Å². The molecule has 2 rings (SSSR count). The summed E-state index contributed by atoms with van der Waals surface area (Å²) in [4.78, 5) is 4.41. The Kier molecular flexibility index (Phi) is 2.35. The molecule has 0 unspecified atom stereocenters. The second-order valence-electron chi connectivity index (χ2n) is 4.47. The van der Waals surface area contributed by atoms with Gasteiger partial charge in [-0.3, -0.25) is 0 Å². The molecule has 1 aromatic carbocycles. The highest BCUT2D eigenvalue weighted by Gasteiger charge is 2.30. The Morgan fingerprint density at radius 3 is 2.75 bits per heavy atom. The molecule has 0 aliphatic carbocycles. The van der Waals surface area contributed by atoms with Crippen molar-refractivity contribution >= 4 is 17.2 Å². The number of hydrogen-bond acceptors (Lipinski definition) is 4. The Balaban J connectivity index is 2.60. The SMILES string of the molecule is Cc1cc(F)cc2c1N=C(NN)C(C)(C)N2. The molecule has 4 N–H and O–H groups in total. The summed E-state index contributed by atoms with van der Waals surface area (Å²) >= 11 is 0. The first-order chi connectivity index (χ1) is 7.44.